The van der Waals surface area contributed by atoms with Gasteiger partial charge in [-0.25, -0.2) is 0 Å². The molecule has 0 saturated heterocycles. The van der Waals surface area contributed by atoms with Crippen LogP contribution >= 0.6 is 23.2 Å². The third-order valence-corrected chi connectivity index (χ3v) is 2.27. The average Bonchev–Trinajstić information content (AvgIpc) is 2.16. The van der Waals surface area contributed by atoms with Crippen molar-refractivity contribution in [1.82, 2.24) is 0 Å². The van der Waals surface area contributed by atoms with Gasteiger partial charge in [-0.3, -0.25) is 9.59 Å². The molecule has 0 radical (unpaired) electrons. The zero-order valence-corrected chi connectivity index (χ0v) is 9.65. The second kappa shape index (κ2) is 4.64. The molecule has 0 spiro atoms. The van der Waals surface area contributed by atoms with E-state index in [2.05, 4.69) is 0 Å². The zero-order valence-electron chi connectivity index (χ0n) is 8.14. The molecule has 1 aromatic carbocycles. The first-order chi connectivity index (χ1) is 6.97. The zero-order chi connectivity index (χ0) is 11.6. The largest absolute Gasteiger partial charge is 0.495 e. The summed E-state index contributed by atoms with van der Waals surface area (Å²) in [4.78, 5) is 22.2. The van der Waals surface area contributed by atoms with E-state index in [9.17, 15) is 9.59 Å². The van der Waals surface area contributed by atoms with Crippen LogP contribution in [0.5, 0.6) is 5.75 Å². The van der Waals surface area contributed by atoms with Gasteiger partial charge in [-0.05, 0) is 47.8 Å². The molecule has 0 unspecified atom stereocenters. The third kappa shape index (κ3) is 2.49. The first-order valence-electron chi connectivity index (χ1n) is 4.05. The lowest BCUT2D eigenvalue weighted by Gasteiger charge is -2.09. The molecule has 5 heteroatoms. The molecule has 0 heterocycles. The minimum absolute atomic E-state index is 0.112. The Morgan fingerprint density at radius 3 is 1.80 bits per heavy atom. The number of benzene rings is 1. The van der Waals surface area contributed by atoms with Crippen molar-refractivity contribution in [3.63, 3.8) is 0 Å². The topological polar surface area (TPSA) is 43.4 Å². The second-order valence-electron chi connectivity index (χ2n) is 2.94. The summed E-state index contributed by atoms with van der Waals surface area (Å²) in [7, 11) is 1.34. The van der Waals surface area contributed by atoms with Crippen LogP contribution < -0.4 is 4.74 Å². The predicted molar refractivity (Wildman–Crippen MR) is 58.1 cm³/mol. The van der Waals surface area contributed by atoms with Crippen LogP contribution in [-0.4, -0.2) is 17.6 Å². The summed E-state index contributed by atoms with van der Waals surface area (Å²) in [5.41, 5.74) is 0.995. The molecule has 0 saturated carbocycles. The van der Waals surface area contributed by atoms with Crippen molar-refractivity contribution in [2.75, 3.05) is 7.11 Å². The Hall–Kier alpha value is -1.06. The van der Waals surface area contributed by atoms with Crippen molar-refractivity contribution >= 4 is 33.7 Å². The number of methoxy groups -OCH3 is 1. The van der Waals surface area contributed by atoms with Crippen LogP contribution in [0.1, 0.15) is 26.3 Å². The molecule has 0 atom stereocenters. The highest BCUT2D eigenvalue weighted by Gasteiger charge is 2.18. The summed E-state index contributed by atoms with van der Waals surface area (Å²) < 4.78 is 4.94. The van der Waals surface area contributed by atoms with E-state index in [1.165, 1.54) is 19.2 Å². The highest BCUT2D eigenvalue weighted by Crippen LogP contribution is 2.28. The van der Waals surface area contributed by atoms with E-state index >= 15 is 0 Å². The van der Waals surface area contributed by atoms with Crippen LogP contribution in [0, 0.1) is 6.92 Å². The lowest BCUT2D eigenvalue weighted by atomic mass is 10.1. The molecular weight excluding hydrogens is 239 g/mol. The van der Waals surface area contributed by atoms with Gasteiger partial charge in [0.25, 0.3) is 10.5 Å². The molecule has 0 amide bonds. The minimum Gasteiger partial charge on any atom is -0.495 e. The second-order valence-corrected chi connectivity index (χ2v) is 3.63. The first kappa shape index (κ1) is 12.0. The minimum atomic E-state index is -0.685. The van der Waals surface area contributed by atoms with E-state index in [0.717, 1.165) is 0 Å². The number of carbonyl (C=O) groups excluding carboxylic acids is 2. The Bertz CT molecular complexity index is 392. The van der Waals surface area contributed by atoms with E-state index in [1.54, 1.807) is 6.92 Å². The molecule has 0 bridgehead atoms. The first-order valence-corrected chi connectivity index (χ1v) is 4.81. The van der Waals surface area contributed by atoms with Crippen molar-refractivity contribution in [2.45, 2.75) is 6.92 Å². The number of halogens is 2. The molecule has 15 heavy (non-hydrogen) atoms. The molecule has 0 aromatic heterocycles. The van der Waals surface area contributed by atoms with E-state index < -0.39 is 10.5 Å². The average molecular weight is 247 g/mol. The molecule has 1 aromatic rings. The van der Waals surface area contributed by atoms with Gasteiger partial charge in [0.05, 0.1) is 18.2 Å². The Morgan fingerprint density at radius 2 is 1.53 bits per heavy atom. The summed E-state index contributed by atoms with van der Waals surface area (Å²) in [6.07, 6.45) is 0. The summed E-state index contributed by atoms with van der Waals surface area (Å²) in [6.45, 7) is 1.73. The fraction of sp³-hybridized carbons (Fsp3) is 0.200. The van der Waals surface area contributed by atoms with Gasteiger partial charge < -0.3 is 4.74 Å². The van der Waals surface area contributed by atoms with Gasteiger partial charge >= 0.3 is 0 Å². The van der Waals surface area contributed by atoms with Gasteiger partial charge in [-0.15, -0.1) is 0 Å². The molecule has 1 rings (SSSR count). The fourth-order valence-corrected chi connectivity index (χ4v) is 1.57. The highest BCUT2D eigenvalue weighted by molar-refractivity contribution is 6.69. The molecule has 0 aliphatic heterocycles. The van der Waals surface area contributed by atoms with Crippen LogP contribution in [0.3, 0.4) is 0 Å². The monoisotopic (exact) mass is 246 g/mol. The van der Waals surface area contributed by atoms with Gasteiger partial charge in [-0.2, -0.15) is 0 Å². The number of hydrogen-bond donors (Lipinski definition) is 0. The van der Waals surface area contributed by atoms with E-state index in [0.29, 0.717) is 5.56 Å². The lowest BCUT2D eigenvalue weighted by Crippen LogP contribution is -2.03. The fourth-order valence-electron chi connectivity index (χ4n) is 1.29. The smallest absolute Gasteiger partial charge is 0.256 e. The van der Waals surface area contributed by atoms with Gasteiger partial charge in [0, 0.05) is 0 Å². The van der Waals surface area contributed by atoms with Gasteiger partial charge in [-0.1, -0.05) is 0 Å². The normalized spacial score (nSPS) is 9.87. The SMILES string of the molecule is COc1c(C(=O)Cl)cc(C)cc1C(=O)Cl. The molecule has 0 fully saturated rings. The number of carbonyl (C=O) groups is 2. The molecule has 0 N–H and O–H groups in total. The van der Waals surface area contributed by atoms with Crippen molar-refractivity contribution in [3.05, 3.63) is 28.8 Å². The number of rotatable bonds is 3. The van der Waals surface area contributed by atoms with Gasteiger partial charge in [0.1, 0.15) is 5.75 Å². The van der Waals surface area contributed by atoms with E-state index in [-0.39, 0.29) is 16.9 Å². The number of aryl methyl sites for hydroxylation is 1. The van der Waals surface area contributed by atoms with Crippen molar-refractivity contribution in [3.8, 4) is 5.75 Å². The molecule has 0 aliphatic carbocycles. The van der Waals surface area contributed by atoms with Crippen LogP contribution in [-0.2, 0) is 0 Å². The third-order valence-electron chi connectivity index (χ3n) is 1.86. The Balaban J connectivity index is 3.52. The van der Waals surface area contributed by atoms with Crippen molar-refractivity contribution < 1.29 is 14.3 Å². The summed E-state index contributed by atoms with van der Waals surface area (Å²) in [6, 6.07) is 3.08. The summed E-state index contributed by atoms with van der Waals surface area (Å²) in [5, 5.41) is -1.37. The summed E-state index contributed by atoms with van der Waals surface area (Å²) in [5.74, 6) is 0.112. The molecule has 80 valence electrons. The maximum atomic E-state index is 11.1. The van der Waals surface area contributed by atoms with Crippen LogP contribution in [0.2, 0.25) is 0 Å². The quantitative estimate of drug-likeness (QED) is 0.771. The molecule has 0 aliphatic rings. The molecular formula is C10H8Cl2O3. The van der Waals surface area contributed by atoms with Gasteiger partial charge in [0.15, 0.2) is 0 Å². The van der Waals surface area contributed by atoms with Crippen LogP contribution in [0.4, 0.5) is 0 Å². The van der Waals surface area contributed by atoms with Crippen molar-refractivity contribution in [2.24, 2.45) is 0 Å². The Kier molecular flexibility index (Phi) is 3.72. The molecule has 3 nitrogen and oxygen atoms in total. The highest BCUT2D eigenvalue weighted by atomic mass is 35.5. The lowest BCUT2D eigenvalue weighted by molar-refractivity contribution is 0.107. The van der Waals surface area contributed by atoms with Crippen LogP contribution in [0.15, 0.2) is 12.1 Å². The van der Waals surface area contributed by atoms with Crippen molar-refractivity contribution in [1.29, 1.82) is 0 Å². The standard InChI is InChI=1S/C10H8Cl2O3/c1-5-3-6(9(11)13)8(15-2)7(4-5)10(12)14/h3-4H,1-2H3. The van der Waals surface area contributed by atoms with Gasteiger partial charge in [0.2, 0.25) is 0 Å². The summed E-state index contributed by atoms with van der Waals surface area (Å²) >= 11 is 10.7. The van der Waals surface area contributed by atoms with E-state index in [1.807, 2.05) is 0 Å². The maximum absolute atomic E-state index is 11.1. The van der Waals surface area contributed by atoms with E-state index in [4.69, 9.17) is 27.9 Å². The number of ether oxygens (including phenoxy) is 1. The number of hydrogen-bond acceptors (Lipinski definition) is 3. The van der Waals surface area contributed by atoms with Crippen LogP contribution in [0.25, 0.3) is 0 Å². The Labute approximate surface area is 96.9 Å². The maximum Gasteiger partial charge on any atom is 0.256 e. The Morgan fingerprint density at radius 1 is 1.13 bits per heavy atom. The predicted octanol–water partition coefficient (Wildman–Crippen LogP) is 2.76.